The molecule has 6 heteroatoms. The third-order valence-corrected chi connectivity index (χ3v) is 3.72. The molecule has 6 nitrogen and oxygen atoms in total. The van der Waals surface area contributed by atoms with Gasteiger partial charge in [0.15, 0.2) is 0 Å². The highest BCUT2D eigenvalue weighted by atomic mass is 16.6. The van der Waals surface area contributed by atoms with Gasteiger partial charge < -0.3 is 14.6 Å². The second-order valence-electron chi connectivity index (χ2n) is 6.70. The van der Waals surface area contributed by atoms with Crippen molar-refractivity contribution in [2.75, 3.05) is 24.5 Å². The first kappa shape index (κ1) is 15.4. The number of nitrogens with one attached hydrogen (secondary N) is 1. The number of hydrogen-bond donors (Lipinski definition) is 1. The number of carbonyl (C=O) groups excluding carboxylic acids is 2. The molecule has 2 heterocycles. The second-order valence-corrected chi connectivity index (χ2v) is 6.70. The quantitative estimate of drug-likeness (QED) is 0.880. The fourth-order valence-electron chi connectivity index (χ4n) is 2.64. The van der Waals surface area contributed by atoms with E-state index < -0.39 is 11.7 Å². The summed E-state index contributed by atoms with van der Waals surface area (Å²) >= 11 is 0. The number of benzene rings is 1. The van der Waals surface area contributed by atoms with Crippen LogP contribution in [0.15, 0.2) is 30.5 Å². The molecule has 0 aliphatic carbocycles. The Bertz CT molecular complexity index is 745. The van der Waals surface area contributed by atoms with Crippen LogP contribution in [-0.2, 0) is 9.53 Å². The SMILES string of the molecule is CC(C)(C)OC(=O)N1CCN(c2ccc3[nH]ccc3c2)C(=O)C1. The number of rotatable bonds is 1. The molecule has 1 saturated heterocycles. The van der Waals surface area contributed by atoms with E-state index in [0.717, 1.165) is 16.6 Å². The summed E-state index contributed by atoms with van der Waals surface area (Å²) in [6.45, 7) is 6.42. The van der Waals surface area contributed by atoms with Crippen LogP contribution in [0.4, 0.5) is 10.5 Å². The number of hydrogen-bond acceptors (Lipinski definition) is 3. The van der Waals surface area contributed by atoms with Crippen LogP contribution in [0.25, 0.3) is 10.9 Å². The minimum atomic E-state index is -0.559. The Hall–Kier alpha value is -2.50. The van der Waals surface area contributed by atoms with Gasteiger partial charge in [-0.05, 0) is 45.0 Å². The lowest BCUT2D eigenvalue weighted by molar-refractivity contribution is -0.121. The van der Waals surface area contributed by atoms with Gasteiger partial charge in [0, 0.05) is 35.9 Å². The van der Waals surface area contributed by atoms with Crippen LogP contribution >= 0.6 is 0 Å². The molecule has 0 unspecified atom stereocenters. The van der Waals surface area contributed by atoms with Crippen molar-refractivity contribution in [3.8, 4) is 0 Å². The molecule has 1 N–H and O–H groups in total. The Kier molecular flexibility index (Phi) is 3.75. The van der Waals surface area contributed by atoms with Crippen molar-refractivity contribution in [1.29, 1.82) is 0 Å². The predicted molar refractivity (Wildman–Crippen MR) is 88.5 cm³/mol. The van der Waals surface area contributed by atoms with E-state index in [1.54, 1.807) is 4.90 Å². The van der Waals surface area contributed by atoms with Gasteiger partial charge in [0.2, 0.25) is 5.91 Å². The van der Waals surface area contributed by atoms with Gasteiger partial charge in [-0.3, -0.25) is 9.69 Å². The first-order chi connectivity index (χ1) is 10.8. The Morgan fingerprint density at radius 2 is 2.00 bits per heavy atom. The van der Waals surface area contributed by atoms with Crippen molar-refractivity contribution >= 4 is 28.6 Å². The van der Waals surface area contributed by atoms with E-state index in [2.05, 4.69) is 4.98 Å². The Balaban J connectivity index is 1.71. The van der Waals surface area contributed by atoms with Crippen molar-refractivity contribution in [2.24, 2.45) is 0 Å². The van der Waals surface area contributed by atoms with Gasteiger partial charge in [-0.2, -0.15) is 0 Å². The summed E-state index contributed by atoms with van der Waals surface area (Å²) in [7, 11) is 0. The molecule has 0 radical (unpaired) electrons. The molecule has 2 aromatic rings. The largest absolute Gasteiger partial charge is 0.444 e. The van der Waals surface area contributed by atoms with Crippen LogP contribution < -0.4 is 4.90 Å². The van der Waals surface area contributed by atoms with E-state index in [4.69, 9.17) is 4.74 Å². The first-order valence-electron chi connectivity index (χ1n) is 7.69. The van der Waals surface area contributed by atoms with E-state index in [1.165, 1.54) is 4.90 Å². The van der Waals surface area contributed by atoms with E-state index in [-0.39, 0.29) is 12.5 Å². The third kappa shape index (κ3) is 3.31. The second kappa shape index (κ2) is 5.61. The smallest absolute Gasteiger partial charge is 0.410 e. The minimum absolute atomic E-state index is 0.0418. The summed E-state index contributed by atoms with van der Waals surface area (Å²) in [4.78, 5) is 30.8. The maximum Gasteiger partial charge on any atom is 0.410 e. The van der Waals surface area contributed by atoms with Gasteiger partial charge in [-0.15, -0.1) is 0 Å². The van der Waals surface area contributed by atoms with Crippen LogP contribution in [0.2, 0.25) is 0 Å². The van der Waals surface area contributed by atoms with Crippen LogP contribution in [0.1, 0.15) is 20.8 Å². The summed E-state index contributed by atoms with van der Waals surface area (Å²) < 4.78 is 5.33. The third-order valence-electron chi connectivity index (χ3n) is 3.72. The molecule has 3 rings (SSSR count). The molecule has 23 heavy (non-hydrogen) atoms. The molecule has 0 saturated carbocycles. The highest BCUT2D eigenvalue weighted by Gasteiger charge is 2.30. The van der Waals surface area contributed by atoms with Gasteiger partial charge >= 0.3 is 6.09 Å². The van der Waals surface area contributed by atoms with Gasteiger partial charge in [0.05, 0.1) is 0 Å². The van der Waals surface area contributed by atoms with Crippen LogP contribution in [0, 0.1) is 0 Å². The zero-order valence-electron chi connectivity index (χ0n) is 13.6. The number of anilines is 1. The molecule has 1 aromatic carbocycles. The number of piperazine rings is 1. The van der Waals surface area contributed by atoms with Crippen LogP contribution in [0.3, 0.4) is 0 Å². The minimum Gasteiger partial charge on any atom is -0.444 e. The van der Waals surface area contributed by atoms with E-state index in [0.29, 0.717) is 13.1 Å². The summed E-state index contributed by atoms with van der Waals surface area (Å²) in [6, 6.07) is 7.82. The zero-order valence-corrected chi connectivity index (χ0v) is 13.6. The van der Waals surface area contributed by atoms with Gasteiger partial charge in [-0.1, -0.05) is 0 Å². The summed E-state index contributed by atoms with van der Waals surface area (Å²) in [6.07, 6.45) is 1.43. The van der Waals surface area contributed by atoms with Gasteiger partial charge in [0.25, 0.3) is 0 Å². The van der Waals surface area contributed by atoms with Gasteiger partial charge in [0.1, 0.15) is 12.1 Å². The van der Waals surface area contributed by atoms with Gasteiger partial charge in [-0.25, -0.2) is 4.79 Å². The number of carbonyl (C=O) groups is 2. The molecule has 2 amide bonds. The number of aromatic nitrogens is 1. The molecular weight excluding hydrogens is 294 g/mol. The standard InChI is InChI=1S/C17H21N3O3/c1-17(2,3)23-16(22)19-8-9-20(15(21)11-19)13-4-5-14-12(10-13)6-7-18-14/h4-7,10,18H,8-9,11H2,1-3H3. The molecule has 122 valence electrons. The molecule has 1 aliphatic heterocycles. The van der Waals surface area contributed by atoms with E-state index >= 15 is 0 Å². The highest BCUT2D eigenvalue weighted by molar-refractivity contribution is 5.99. The maximum atomic E-state index is 12.4. The fourth-order valence-corrected chi connectivity index (χ4v) is 2.64. The lowest BCUT2D eigenvalue weighted by Gasteiger charge is -2.35. The molecule has 0 atom stereocenters. The number of fused-ring (bicyclic) bond motifs is 1. The van der Waals surface area contributed by atoms with E-state index in [1.807, 2.05) is 51.2 Å². The normalized spacial score (nSPS) is 16.0. The number of H-pyrrole nitrogens is 1. The molecule has 1 fully saturated rings. The molecule has 0 bridgehead atoms. The fraction of sp³-hybridized carbons (Fsp3) is 0.412. The summed E-state index contributed by atoms with van der Waals surface area (Å²) in [5.41, 5.74) is 1.33. The highest BCUT2D eigenvalue weighted by Crippen LogP contribution is 2.23. The zero-order chi connectivity index (χ0) is 16.6. The van der Waals surface area contributed by atoms with Crippen LogP contribution in [-0.4, -0.2) is 47.1 Å². The number of nitrogens with zero attached hydrogens (tertiary/aromatic N) is 2. The first-order valence-corrected chi connectivity index (χ1v) is 7.69. The van der Waals surface area contributed by atoms with E-state index in [9.17, 15) is 9.59 Å². The lowest BCUT2D eigenvalue weighted by Crippen LogP contribution is -2.53. The number of amides is 2. The average Bonchev–Trinajstić information content (AvgIpc) is 2.92. The summed E-state index contributed by atoms with van der Waals surface area (Å²) in [5, 5.41) is 1.06. The Morgan fingerprint density at radius 1 is 1.22 bits per heavy atom. The average molecular weight is 315 g/mol. The lowest BCUT2D eigenvalue weighted by atomic mass is 10.2. The maximum absolute atomic E-state index is 12.4. The number of aromatic amines is 1. The Morgan fingerprint density at radius 3 is 2.70 bits per heavy atom. The topological polar surface area (TPSA) is 65.6 Å². The molecular formula is C17H21N3O3. The number of ether oxygens (including phenoxy) is 1. The van der Waals surface area contributed by atoms with Crippen molar-refractivity contribution in [2.45, 2.75) is 26.4 Å². The monoisotopic (exact) mass is 315 g/mol. The molecule has 0 spiro atoms. The predicted octanol–water partition coefficient (Wildman–Crippen LogP) is 2.75. The van der Waals surface area contributed by atoms with Crippen molar-refractivity contribution in [3.05, 3.63) is 30.5 Å². The molecule has 1 aromatic heterocycles. The van der Waals surface area contributed by atoms with Crippen molar-refractivity contribution in [3.63, 3.8) is 0 Å². The van der Waals surface area contributed by atoms with Crippen LogP contribution in [0.5, 0.6) is 0 Å². The molecule has 1 aliphatic rings. The van der Waals surface area contributed by atoms with Crippen molar-refractivity contribution in [1.82, 2.24) is 9.88 Å². The summed E-state index contributed by atoms with van der Waals surface area (Å²) in [5.74, 6) is -0.100. The Labute approximate surface area is 135 Å². The van der Waals surface area contributed by atoms with Crippen molar-refractivity contribution < 1.29 is 14.3 Å².